The van der Waals surface area contributed by atoms with Gasteiger partial charge in [-0.25, -0.2) is 4.99 Å². The molecule has 10 atom stereocenters. The first-order valence-electron chi connectivity index (χ1n) is 8.14. The normalized spacial score (nSPS) is 50.9. The summed E-state index contributed by atoms with van der Waals surface area (Å²) >= 11 is 0. The van der Waals surface area contributed by atoms with Crippen LogP contribution in [0.1, 0.15) is 0 Å². The van der Waals surface area contributed by atoms with Gasteiger partial charge in [0.25, 0.3) is 6.02 Å². The third kappa shape index (κ3) is 2.87. The number of methoxy groups -OCH3 is 1. The van der Waals surface area contributed by atoms with Gasteiger partial charge < -0.3 is 55.3 Å². The smallest absolute Gasteiger partial charge is 0.285 e. The van der Waals surface area contributed by atoms with Crippen molar-refractivity contribution in [3.05, 3.63) is 0 Å². The largest absolute Gasteiger partial charge is 0.457 e. The highest BCUT2D eigenvalue weighted by Crippen LogP contribution is 2.38. The Morgan fingerprint density at radius 2 is 1.85 bits per heavy atom. The molecule has 0 bridgehead atoms. The van der Waals surface area contributed by atoms with E-state index in [1.807, 2.05) is 0 Å². The van der Waals surface area contributed by atoms with Gasteiger partial charge in [-0.1, -0.05) is 0 Å². The molecule has 12 nitrogen and oxygen atoms in total. The lowest BCUT2D eigenvalue weighted by atomic mass is 9.96. The number of aliphatic imine (C=N–C) groups is 1. The molecular weight excluding hydrogens is 356 g/mol. The molecule has 0 spiro atoms. The molecular formula is C14H24N2O10. The van der Waals surface area contributed by atoms with Crippen molar-refractivity contribution in [2.24, 2.45) is 4.99 Å². The summed E-state index contributed by atoms with van der Waals surface area (Å²) in [5.74, 6) is 0. The van der Waals surface area contributed by atoms with Crippen molar-refractivity contribution in [1.29, 1.82) is 0 Å². The lowest BCUT2D eigenvalue weighted by molar-refractivity contribution is -0.270. The van der Waals surface area contributed by atoms with Crippen LogP contribution in [-0.4, -0.2) is 123 Å². The molecule has 8 N–H and O–H groups in total. The van der Waals surface area contributed by atoms with E-state index in [9.17, 15) is 35.7 Å². The highest BCUT2D eigenvalue weighted by molar-refractivity contribution is 5.77. The summed E-state index contributed by atoms with van der Waals surface area (Å²) in [6.07, 6.45) is -9.19. The van der Waals surface area contributed by atoms with Crippen molar-refractivity contribution in [3.63, 3.8) is 0 Å². The summed E-state index contributed by atoms with van der Waals surface area (Å²) in [5, 5.41) is 72.0. The molecule has 1 saturated carbocycles. The lowest BCUT2D eigenvalue weighted by Crippen LogP contribution is -2.64. The monoisotopic (exact) mass is 380 g/mol. The van der Waals surface area contributed by atoms with Crippen LogP contribution < -0.4 is 5.32 Å². The maximum absolute atomic E-state index is 10.3. The van der Waals surface area contributed by atoms with E-state index in [0.717, 1.165) is 0 Å². The van der Waals surface area contributed by atoms with Crippen LogP contribution in [0.25, 0.3) is 0 Å². The van der Waals surface area contributed by atoms with Crippen LogP contribution in [0.4, 0.5) is 0 Å². The first kappa shape index (κ1) is 19.7. The van der Waals surface area contributed by atoms with Crippen LogP contribution in [-0.2, 0) is 14.2 Å². The molecule has 0 amide bonds. The van der Waals surface area contributed by atoms with E-state index in [4.69, 9.17) is 14.2 Å². The van der Waals surface area contributed by atoms with E-state index in [1.54, 1.807) is 0 Å². The predicted octanol–water partition coefficient (Wildman–Crippen LogP) is -5.39. The standard InChI is InChI=1S/C14H24N2O10/c1-24-12-7(20)6(19)5(4(2-17)25-12)15-13-16-10-9(26-13)8(21)11(22)14(10,23)3-18/h4-12,17-23H,2-3H2,1H3,(H,15,16)/t4-,5+,6+,7-,8-,9-,10-,11+,12+,14+/m1/s1. The SMILES string of the molecule is CO[C@H]1O[C@H](CO)[C@H](NC2=N[C@@H]3[C@H](O2)[C@@H](O)[C@H](O)[C@]3(O)CO)[C@H](O)[C@H]1O. The van der Waals surface area contributed by atoms with Crippen molar-refractivity contribution >= 4 is 6.02 Å². The number of amidine groups is 1. The molecule has 2 fully saturated rings. The Morgan fingerprint density at radius 3 is 2.42 bits per heavy atom. The minimum Gasteiger partial charge on any atom is -0.457 e. The summed E-state index contributed by atoms with van der Waals surface area (Å²) in [6.45, 7) is -1.36. The van der Waals surface area contributed by atoms with Crippen molar-refractivity contribution in [2.45, 2.75) is 60.6 Å². The number of aliphatic hydroxyl groups is 7. The maximum Gasteiger partial charge on any atom is 0.285 e. The topological polar surface area (TPSA) is 194 Å². The summed E-state index contributed by atoms with van der Waals surface area (Å²) in [5.41, 5.74) is -2.09. The third-order valence-electron chi connectivity index (χ3n) is 5.16. The number of hydrogen-bond donors (Lipinski definition) is 8. The Hall–Kier alpha value is -1.09. The van der Waals surface area contributed by atoms with Crippen LogP contribution in [0.15, 0.2) is 4.99 Å². The Balaban J connectivity index is 1.77. The average molecular weight is 380 g/mol. The second-order valence-corrected chi connectivity index (χ2v) is 6.66. The molecule has 26 heavy (non-hydrogen) atoms. The average Bonchev–Trinajstić information content (AvgIpc) is 3.14. The zero-order valence-corrected chi connectivity index (χ0v) is 13.9. The Bertz CT molecular complexity index is 548. The molecule has 1 aliphatic carbocycles. The van der Waals surface area contributed by atoms with Gasteiger partial charge in [-0.05, 0) is 0 Å². The van der Waals surface area contributed by atoms with Gasteiger partial charge in [0.2, 0.25) is 0 Å². The second kappa shape index (κ2) is 7.14. The minimum atomic E-state index is -2.09. The molecule has 0 radical (unpaired) electrons. The summed E-state index contributed by atoms with van der Waals surface area (Å²) in [4.78, 5) is 4.03. The number of rotatable bonds is 4. The molecule has 12 heteroatoms. The second-order valence-electron chi connectivity index (χ2n) is 6.66. The molecule has 1 saturated heterocycles. The van der Waals surface area contributed by atoms with Crippen molar-refractivity contribution in [2.75, 3.05) is 20.3 Å². The van der Waals surface area contributed by atoms with E-state index in [0.29, 0.717) is 0 Å². The number of aliphatic hydroxyl groups excluding tert-OH is 6. The Labute approximate surface area is 148 Å². The van der Waals surface area contributed by atoms with Crippen LogP contribution in [0, 0.1) is 0 Å². The van der Waals surface area contributed by atoms with Gasteiger partial charge in [0.05, 0.1) is 19.3 Å². The van der Waals surface area contributed by atoms with Crippen molar-refractivity contribution in [3.8, 4) is 0 Å². The predicted molar refractivity (Wildman–Crippen MR) is 81.8 cm³/mol. The number of nitrogens with one attached hydrogen (secondary N) is 1. The minimum absolute atomic E-state index is 0.202. The zero-order chi connectivity index (χ0) is 19.2. The molecule has 0 aromatic heterocycles. The van der Waals surface area contributed by atoms with Gasteiger partial charge in [-0.3, -0.25) is 0 Å². The van der Waals surface area contributed by atoms with Crippen LogP contribution in [0.5, 0.6) is 0 Å². The fourth-order valence-electron chi connectivity index (χ4n) is 3.59. The van der Waals surface area contributed by atoms with Crippen molar-refractivity contribution < 1.29 is 50.0 Å². The van der Waals surface area contributed by atoms with E-state index >= 15 is 0 Å². The summed E-state index contributed by atoms with van der Waals surface area (Å²) in [7, 11) is 1.27. The quantitative estimate of drug-likeness (QED) is 0.232. The highest BCUT2D eigenvalue weighted by Gasteiger charge is 2.63. The van der Waals surface area contributed by atoms with E-state index in [-0.39, 0.29) is 6.02 Å². The van der Waals surface area contributed by atoms with Gasteiger partial charge in [0.1, 0.15) is 42.2 Å². The van der Waals surface area contributed by atoms with Crippen molar-refractivity contribution in [1.82, 2.24) is 5.32 Å². The van der Waals surface area contributed by atoms with Crippen LogP contribution in [0.2, 0.25) is 0 Å². The van der Waals surface area contributed by atoms with Crippen LogP contribution in [0.3, 0.4) is 0 Å². The summed E-state index contributed by atoms with van der Waals surface area (Å²) < 4.78 is 15.6. The number of ether oxygens (including phenoxy) is 3. The first-order chi connectivity index (χ1) is 12.3. The first-order valence-corrected chi connectivity index (χ1v) is 8.14. The number of fused-ring (bicyclic) bond motifs is 1. The molecule has 2 heterocycles. The van der Waals surface area contributed by atoms with E-state index in [1.165, 1.54) is 7.11 Å². The molecule has 0 unspecified atom stereocenters. The van der Waals surface area contributed by atoms with Gasteiger partial charge >= 0.3 is 0 Å². The van der Waals surface area contributed by atoms with E-state index < -0.39 is 73.8 Å². The third-order valence-corrected chi connectivity index (χ3v) is 5.16. The number of nitrogens with zero attached hydrogens (tertiary/aromatic N) is 1. The molecule has 3 aliphatic rings. The Kier molecular flexibility index (Phi) is 5.40. The molecule has 150 valence electrons. The fraction of sp³-hybridized carbons (Fsp3) is 0.929. The zero-order valence-electron chi connectivity index (χ0n) is 13.9. The Morgan fingerprint density at radius 1 is 1.15 bits per heavy atom. The molecule has 2 aliphatic heterocycles. The maximum atomic E-state index is 10.3. The van der Waals surface area contributed by atoms with Gasteiger partial charge in [0.15, 0.2) is 12.4 Å². The molecule has 0 aromatic carbocycles. The van der Waals surface area contributed by atoms with Gasteiger partial charge in [-0.2, -0.15) is 0 Å². The lowest BCUT2D eigenvalue weighted by Gasteiger charge is -2.41. The molecule has 3 rings (SSSR count). The highest BCUT2D eigenvalue weighted by atomic mass is 16.7. The van der Waals surface area contributed by atoms with Crippen LogP contribution >= 0.6 is 0 Å². The fourth-order valence-corrected chi connectivity index (χ4v) is 3.59. The van der Waals surface area contributed by atoms with Gasteiger partial charge in [-0.15, -0.1) is 0 Å². The number of hydrogen-bond acceptors (Lipinski definition) is 12. The summed E-state index contributed by atoms with van der Waals surface area (Å²) in [6, 6.07) is -2.39. The van der Waals surface area contributed by atoms with Gasteiger partial charge in [0, 0.05) is 7.11 Å². The van der Waals surface area contributed by atoms with E-state index in [2.05, 4.69) is 10.3 Å². The molecule has 0 aromatic rings.